The highest BCUT2D eigenvalue weighted by atomic mass is 16.3. The van der Waals surface area contributed by atoms with E-state index in [-0.39, 0.29) is 11.6 Å². The van der Waals surface area contributed by atoms with Crippen LogP contribution < -0.4 is 0 Å². The number of fused-ring (bicyclic) bond motifs is 1. The van der Waals surface area contributed by atoms with E-state index >= 15 is 0 Å². The molecular weight excluding hydrogens is 390 g/mol. The van der Waals surface area contributed by atoms with Crippen LogP contribution in [0.3, 0.4) is 0 Å². The standard InChI is InChI=1S/C30H47NO/c1-23-13-12-16-24(19-23)14-9-10-17-27-28-21-25(20-26(28)22-29(27)32)15-8-6-7-11-18-31(5)30(2,3)4/h10,12-13,16-17,19-20,26-29,32H,6-9,11,14-15,18,21-22H2,1-5H3/t26-,27+,28-,29+/m0/s1. The predicted octanol–water partition coefficient (Wildman–Crippen LogP) is 7.11. The van der Waals surface area contributed by atoms with Crippen LogP contribution in [0.5, 0.6) is 0 Å². The lowest BCUT2D eigenvalue weighted by atomic mass is 9.88. The zero-order valence-electron chi connectivity index (χ0n) is 21.3. The van der Waals surface area contributed by atoms with Gasteiger partial charge in [0.25, 0.3) is 0 Å². The fraction of sp³-hybridized carbons (Fsp3) is 0.667. The van der Waals surface area contributed by atoms with Gasteiger partial charge in [-0.05, 0) is 104 Å². The smallest absolute Gasteiger partial charge is 0.0611 e. The van der Waals surface area contributed by atoms with Crippen LogP contribution >= 0.6 is 0 Å². The molecule has 1 fully saturated rings. The number of benzene rings is 1. The first kappa shape index (κ1) is 25.2. The van der Waals surface area contributed by atoms with Gasteiger partial charge in [-0.2, -0.15) is 0 Å². The van der Waals surface area contributed by atoms with E-state index in [2.05, 4.69) is 82.1 Å². The second-order valence-electron chi connectivity index (χ2n) is 11.4. The van der Waals surface area contributed by atoms with Crippen LogP contribution in [-0.2, 0) is 6.42 Å². The normalized spacial score (nSPS) is 25.7. The van der Waals surface area contributed by atoms with Crippen molar-refractivity contribution in [2.45, 2.75) is 97.1 Å². The highest BCUT2D eigenvalue weighted by Crippen LogP contribution is 2.48. The van der Waals surface area contributed by atoms with E-state index < -0.39 is 0 Å². The van der Waals surface area contributed by atoms with Gasteiger partial charge in [0, 0.05) is 11.5 Å². The Bertz CT molecular complexity index is 771. The molecule has 2 aliphatic rings. The molecule has 0 amide bonds. The molecule has 32 heavy (non-hydrogen) atoms. The van der Waals surface area contributed by atoms with Crippen molar-refractivity contribution in [3.8, 4) is 0 Å². The summed E-state index contributed by atoms with van der Waals surface area (Å²) in [4.78, 5) is 2.47. The van der Waals surface area contributed by atoms with E-state index in [1.807, 2.05) is 0 Å². The molecule has 0 aromatic heterocycles. The Morgan fingerprint density at radius 1 is 1.09 bits per heavy atom. The fourth-order valence-corrected chi connectivity index (χ4v) is 5.55. The number of hydrogen-bond acceptors (Lipinski definition) is 2. The summed E-state index contributed by atoms with van der Waals surface area (Å²) in [6.07, 6.45) is 17.9. The van der Waals surface area contributed by atoms with Crippen molar-refractivity contribution in [1.82, 2.24) is 4.90 Å². The number of aryl methyl sites for hydroxylation is 2. The van der Waals surface area contributed by atoms with E-state index in [0.717, 1.165) is 19.3 Å². The molecule has 0 saturated heterocycles. The summed E-state index contributed by atoms with van der Waals surface area (Å²) in [7, 11) is 2.24. The molecule has 0 radical (unpaired) electrons. The zero-order chi connectivity index (χ0) is 23.1. The lowest BCUT2D eigenvalue weighted by Gasteiger charge is -2.31. The predicted molar refractivity (Wildman–Crippen MR) is 138 cm³/mol. The molecular formula is C30H47NO. The molecule has 0 aliphatic heterocycles. The summed E-state index contributed by atoms with van der Waals surface area (Å²) >= 11 is 0. The molecule has 2 heteroatoms. The van der Waals surface area contributed by atoms with Gasteiger partial charge in [-0.1, -0.05) is 66.5 Å². The third-order valence-corrected chi connectivity index (χ3v) is 7.88. The zero-order valence-corrected chi connectivity index (χ0v) is 21.3. The average molecular weight is 438 g/mol. The Hall–Kier alpha value is -1.38. The molecule has 0 bridgehead atoms. The Balaban J connectivity index is 1.35. The number of nitrogens with zero attached hydrogens (tertiary/aromatic N) is 1. The first-order chi connectivity index (χ1) is 15.2. The quantitative estimate of drug-likeness (QED) is 0.294. The minimum Gasteiger partial charge on any atom is -0.392 e. The topological polar surface area (TPSA) is 23.5 Å². The Labute approximate surface area is 197 Å². The summed E-state index contributed by atoms with van der Waals surface area (Å²) in [6, 6.07) is 8.81. The van der Waals surface area contributed by atoms with Crippen LogP contribution in [-0.4, -0.2) is 35.2 Å². The lowest BCUT2D eigenvalue weighted by molar-refractivity contribution is 0.141. The van der Waals surface area contributed by atoms with Crippen LogP contribution in [0, 0.1) is 24.7 Å². The number of aliphatic hydroxyl groups excluding tert-OH is 1. The molecule has 2 aliphatic carbocycles. The average Bonchev–Trinajstić information content (AvgIpc) is 3.24. The molecule has 0 heterocycles. The lowest BCUT2D eigenvalue weighted by Crippen LogP contribution is -2.38. The maximum atomic E-state index is 10.6. The van der Waals surface area contributed by atoms with Crippen molar-refractivity contribution in [1.29, 1.82) is 0 Å². The van der Waals surface area contributed by atoms with Gasteiger partial charge >= 0.3 is 0 Å². The van der Waals surface area contributed by atoms with Gasteiger partial charge in [-0.15, -0.1) is 0 Å². The van der Waals surface area contributed by atoms with Crippen molar-refractivity contribution < 1.29 is 5.11 Å². The highest BCUT2D eigenvalue weighted by molar-refractivity contribution is 5.23. The third-order valence-electron chi connectivity index (χ3n) is 7.88. The van der Waals surface area contributed by atoms with Crippen LogP contribution in [0.1, 0.15) is 83.3 Å². The number of aliphatic hydroxyl groups is 1. The summed E-state index contributed by atoms with van der Waals surface area (Å²) in [6.45, 7) is 10.2. The highest BCUT2D eigenvalue weighted by Gasteiger charge is 2.43. The third kappa shape index (κ3) is 7.32. The number of hydrogen-bond donors (Lipinski definition) is 1. The number of rotatable bonds is 11. The molecule has 3 rings (SSSR count). The van der Waals surface area contributed by atoms with Gasteiger partial charge < -0.3 is 10.0 Å². The van der Waals surface area contributed by atoms with Gasteiger partial charge in [0.15, 0.2) is 0 Å². The Morgan fingerprint density at radius 3 is 2.62 bits per heavy atom. The van der Waals surface area contributed by atoms with Gasteiger partial charge in [0.05, 0.1) is 6.10 Å². The van der Waals surface area contributed by atoms with Crippen molar-refractivity contribution in [3.05, 3.63) is 59.2 Å². The van der Waals surface area contributed by atoms with Gasteiger partial charge in [0.2, 0.25) is 0 Å². The minimum atomic E-state index is -0.155. The maximum absolute atomic E-state index is 10.6. The van der Waals surface area contributed by atoms with E-state index in [1.54, 1.807) is 5.57 Å². The fourth-order valence-electron chi connectivity index (χ4n) is 5.55. The molecule has 0 unspecified atom stereocenters. The van der Waals surface area contributed by atoms with Crippen molar-refractivity contribution in [2.75, 3.05) is 13.6 Å². The van der Waals surface area contributed by atoms with Crippen LogP contribution in [0.25, 0.3) is 0 Å². The monoisotopic (exact) mass is 437 g/mol. The molecule has 1 N–H and O–H groups in total. The van der Waals surface area contributed by atoms with E-state index in [4.69, 9.17) is 0 Å². The molecule has 178 valence electrons. The maximum Gasteiger partial charge on any atom is 0.0611 e. The Morgan fingerprint density at radius 2 is 1.88 bits per heavy atom. The van der Waals surface area contributed by atoms with Crippen LogP contribution in [0.2, 0.25) is 0 Å². The van der Waals surface area contributed by atoms with Crippen molar-refractivity contribution in [3.63, 3.8) is 0 Å². The molecule has 2 nitrogen and oxygen atoms in total. The molecule has 4 atom stereocenters. The second kappa shape index (κ2) is 11.7. The molecule has 0 spiro atoms. The summed E-state index contributed by atoms with van der Waals surface area (Å²) in [5, 5.41) is 10.6. The molecule has 1 aromatic rings. The van der Waals surface area contributed by atoms with Crippen molar-refractivity contribution >= 4 is 0 Å². The minimum absolute atomic E-state index is 0.155. The van der Waals surface area contributed by atoms with Crippen LogP contribution in [0.15, 0.2) is 48.1 Å². The van der Waals surface area contributed by atoms with Gasteiger partial charge in [-0.3, -0.25) is 0 Å². The first-order valence-electron chi connectivity index (χ1n) is 13.0. The largest absolute Gasteiger partial charge is 0.392 e. The van der Waals surface area contributed by atoms with E-state index in [9.17, 15) is 5.11 Å². The van der Waals surface area contributed by atoms with Crippen LogP contribution in [0.4, 0.5) is 0 Å². The molecule has 1 aromatic carbocycles. The van der Waals surface area contributed by atoms with Crippen molar-refractivity contribution in [2.24, 2.45) is 17.8 Å². The first-order valence-corrected chi connectivity index (χ1v) is 13.0. The Kier molecular flexibility index (Phi) is 9.20. The SMILES string of the molecule is Cc1cccc(CCC=C[C@@H]2[C@H]3CC(CCCCCCN(C)C(C)(C)C)=C[C@H]3C[C@H]2O)c1. The second-order valence-corrected chi connectivity index (χ2v) is 11.4. The molecule has 1 saturated carbocycles. The summed E-state index contributed by atoms with van der Waals surface area (Å²) in [5.41, 5.74) is 4.69. The van der Waals surface area contributed by atoms with Gasteiger partial charge in [-0.25, -0.2) is 0 Å². The summed E-state index contributed by atoms with van der Waals surface area (Å²) < 4.78 is 0. The van der Waals surface area contributed by atoms with E-state index in [1.165, 1.54) is 56.2 Å². The summed E-state index contributed by atoms with van der Waals surface area (Å²) in [5.74, 6) is 1.58. The van der Waals surface area contributed by atoms with Gasteiger partial charge in [0.1, 0.15) is 0 Å². The van der Waals surface area contributed by atoms with E-state index in [0.29, 0.717) is 17.8 Å². The number of unbranched alkanes of at least 4 members (excludes halogenated alkanes) is 3. The number of allylic oxidation sites excluding steroid dienone is 3.